The van der Waals surface area contributed by atoms with Gasteiger partial charge in [-0.1, -0.05) is 0 Å². The van der Waals surface area contributed by atoms with Crippen LogP contribution < -0.4 is 10.0 Å². The van der Waals surface area contributed by atoms with Gasteiger partial charge in [0, 0.05) is 27.3 Å². The molecule has 0 amide bonds. The molecule has 1 fully saturated rings. The Bertz CT molecular complexity index is 483. The number of thiophene rings is 1. The van der Waals surface area contributed by atoms with E-state index in [-0.39, 0.29) is 5.75 Å². The fourth-order valence-corrected chi connectivity index (χ4v) is 4.08. The van der Waals surface area contributed by atoms with E-state index < -0.39 is 10.0 Å². The van der Waals surface area contributed by atoms with E-state index in [1.165, 1.54) is 12.8 Å². The van der Waals surface area contributed by atoms with E-state index in [1.807, 2.05) is 11.4 Å². The Labute approximate surface area is 120 Å². The van der Waals surface area contributed by atoms with E-state index in [0.29, 0.717) is 19.0 Å². The first kappa shape index (κ1) is 14.5. The number of sulfonamides is 1. The van der Waals surface area contributed by atoms with Crippen LogP contribution in [0.5, 0.6) is 0 Å². The van der Waals surface area contributed by atoms with Crippen molar-refractivity contribution < 1.29 is 8.42 Å². The van der Waals surface area contributed by atoms with Crippen LogP contribution in [-0.4, -0.2) is 26.8 Å². The van der Waals surface area contributed by atoms with Crippen molar-refractivity contribution >= 4 is 37.3 Å². The van der Waals surface area contributed by atoms with Crippen molar-refractivity contribution in [1.82, 2.24) is 10.0 Å². The summed E-state index contributed by atoms with van der Waals surface area (Å²) in [7, 11) is -3.15. The smallest absolute Gasteiger partial charge is 0.211 e. The molecule has 0 aliphatic heterocycles. The highest BCUT2D eigenvalue weighted by Crippen LogP contribution is 2.19. The number of hydrogen-bond donors (Lipinski definition) is 2. The molecule has 1 aromatic heterocycles. The van der Waals surface area contributed by atoms with Gasteiger partial charge >= 0.3 is 0 Å². The molecule has 0 aromatic carbocycles. The van der Waals surface area contributed by atoms with Crippen LogP contribution >= 0.6 is 27.3 Å². The number of nitrogens with one attached hydrogen (secondary N) is 2. The molecule has 1 aliphatic carbocycles. The first-order chi connectivity index (χ1) is 8.55. The predicted octanol–water partition coefficient (Wildman–Crippen LogP) is 2.07. The second-order valence-corrected chi connectivity index (χ2v) is 8.29. The fraction of sp³-hybridized carbons (Fsp3) is 0.636. The van der Waals surface area contributed by atoms with Crippen molar-refractivity contribution in [2.75, 3.05) is 12.3 Å². The van der Waals surface area contributed by atoms with Crippen molar-refractivity contribution in [1.29, 1.82) is 0 Å². The van der Waals surface area contributed by atoms with Gasteiger partial charge in [-0.15, -0.1) is 11.3 Å². The summed E-state index contributed by atoms with van der Waals surface area (Å²) in [6.45, 7) is 1.17. The molecule has 0 atom stereocenters. The lowest BCUT2D eigenvalue weighted by atomic mass is 10.5. The van der Waals surface area contributed by atoms with Crippen molar-refractivity contribution in [2.45, 2.75) is 31.8 Å². The third kappa shape index (κ3) is 5.36. The lowest BCUT2D eigenvalue weighted by Crippen LogP contribution is -2.28. The van der Waals surface area contributed by atoms with E-state index in [2.05, 4.69) is 26.0 Å². The molecule has 1 heterocycles. The molecule has 2 rings (SSSR count). The maximum atomic E-state index is 11.7. The number of rotatable bonds is 8. The zero-order chi connectivity index (χ0) is 13.0. The van der Waals surface area contributed by atoms with Crippen LogP contribution in [0.4, 0.5) is 0 Å². The van der Waals surface area contributed by atoms with Crippen molar-refractivity contribution in [2.24, 2.45) is 0 Å². The molecule has 0 saturated heterocycles. The first-order valence-corrected chi connectivity index (χ1v) is 9.31. The highest BCUT2D eigenvalue weighted by molar-refractivity contribution is 9.10. The van der Waals surface area contributed by atoms with E-state index in [9.17, 15) is 8.42 Å². The Hall–Kier alpha value is 0.0500. The summed E-state index contributed by atoms with van der Waals surface area (Å²) >= 11 is 4.89. The van der Waals surface area contributed by atoms with E-state index in [1.54, 1.807) is 11.3 Å². The van der Waals surface area contributed by atoms with E-state index in [0.717, 1.165) is 15.9 Å². The Balaban J connectivity index is 1.66. The van der Waals surface area contributed by atoms with Crippen molar-refractivity contribution in [3.63, 3.8) is 0 Å². The highest BCUT2D eigenvalue weighted by Gasteiger charge is 2.20. The van der Waals surface area contributed by atoms with Crippen LogP contribution in [0.25, 0.3) is 0 Å². The number of halogens is 1. The SMILES string of the molecule is O=S(=O)(CCCNC1CC1)NCc1cc(Br)cs1. The van der Waals surface area contributed by atoms with Gasteiger partial charge in [0.25, 0.3) is 0 Å². The lowest BCUT2D eigenvalue weighted by Gasteiger charge is -2.06. The first-order valence-electron chi connectivity index (χ1n) is 5.99. The van der Waals surface area contributed by atoms with Crippen LogP contribution in [0.15, 0.2) is 15.9 Å². The average molecular weight is 353 g/mol. The van der Waals surface area contributed by atoms with Crippen molar-refractivity contribution in [3.8, 4) is 0 Å². The minimum absolute atomic E-state index is 0.194. The lowest BCUT2D eigenvalue weighted by molar-refractivity contribution is 0.574. The Kier molecular flexibility index (Phi) is 5.20. The topological polar surface area (TPSA) is 58.2 Å². The molecule has 0 spiro atoms. The molecule has 4 nitrogen and oxygen atoms in total. The maximum absolute atomic E-state index is 11.7. The quantitative estimate of drug-likeness (QED) is 0.704. The predicted molar refractivity (Wildman–Crippen MR) is 78.3 cm³/mol. The van der Waals surface area contributed by atoms with Gasteiger partial charge in [0.2, 0.25) is 10.0 Å². The summed E-state index contributed by atoms with van der Waals surface area (Å²) in [4.78, 5) is 1.02. The van der Waals surface area contributed by atoms with Crippen LogP contribution in [0.3, 0.4) is 0 Å². The van der Waals surface area contributed by atoms with E-state index in [4.69, 9.17) is 0 Å². The molecule has 1 aromatic rings. The van der Waals surface area contributed by atoms with Crippen LogP contribution in [0.1, 0.15) is 24.1 Å². The minimum atomic E-state index is -3.15. The molecule has 18 heavy (non-hydrogen) atoms. The maximum Gasteiger partial charge on any atom is 0.211 e. The zero-order valence-electron chi connectivity index (χ0n) is 9.99. The highest BCUT2D eigenvalue weighted by atomic mass is 79.9. The summed E-state index contributed by atoms with van der Waals surface area (Å²) in [6, 6.07) is 2.58. The van der Waals surface area contributed by atoms with Gasteiger partial charge in [-0.25, -0.2) is 13.1 Å². The fourth-order valence-electron chi connectivity index (χ4n) is 1.56. The molecule has 0 unspecified atom stereocenters. The van der Waals surface area contributed by atoms with Gasteiger partial charge in [-0.3, -0.25) is 0 Å². The number of hydrogen-bond acceptors (Lipinski definition) is 4. The third-order valence-electron chi connectivity index (χ3n) is 2.69. The zero-order valence-corrected chi connectivity index (χ0v) is 13.2. The summed E-state index contributed by atoms with van der Waals surface area (Å²) in [5, 5.41) is 5.26. The van der Waals surface area contributed by atoms with Crippen LogP contribution in [0, 0.1) is 0 Å². The Morgan fingerprint density at radius 1 is 1.44 bits per heavy atom. The Morgan fingerprint density at radius 3 is 2.83 bits per heavy atom. The van der Waals surface area contributed by atoms with Gasteiger partial charge in [0.05, 0.1) is 5.75 Å². The molecule has 0 radical (unpaired) electrons. The molecule has 1 aliphatic rings. The molecular weight excluding hydrogens is 336 g/mol. The minimum Gasteiger partial charge on any atom is -0.314 e. The van der Waals surface area contributed by atoms with Crippen molar-refractivity contribution in [3.05, 3.63) is 20.8 Å². The second-order valence-electron chi connectivity index (χ2n) is 4.45. The largest absolute Gasteiger partial charge is 0.314 e. The second kappa shape index (κ2) is 6.47. The van der Waals surface area contributed by atoms with Crippen LogP contribution in [-0.2, 0) is 16.6 Å². The normalized spacial score (nSPS) is 16.1. The molecule has 102 valence electrons. The standard InChI is InChI=1S/C11H17BrN2O2S2/c12-9-6-11(17-8-9)7-14-18(15,16)5-1-4-13-10-2-3-10/h6,8,10,13-14H,1-5,7H2. The summed E-state index contributed by atoms with van der Waals surface area (Å²) < 4.78 is 27.1. The molecule has 1 saturated carbocycles. The van der Waals surface area contributed by atoms with Gasteiger partial charge in [-0.2, -0.15) is 0 Å². The summed E-state index contributed by atoms with van der Waals surface area (Å²) in [6.07, 6.45) is 3.14. The third-order valence-corrected chi connectivity index (χ3v) is 5.80. The average Bonchev–Trinajstić information content (AvgIpc) is 3.04. The summed E-state index contributed by atoms with van der Waals surface area (Å²) in [5.74, 6) is 0.194. The van der Waals surface area contributed by atoms with Gasteiger partial charge in [-0.05, 0) is 47.8 Å². The van der Waals surface area contributed by atoms with E-state index >= 15 is 0 Å². The van der Waals surface area contributed by atoms with Gasteiger partial charge < -0.3 is 5.32 Å². The van der Waals surface area contributed by atoms with Crippen LogP contribution in [0.2, 0.25) is 0 Å². The molecule has 2 N–H and O–H groups in total. The van der Waals surface area contributed by atoms with Gasteiger partial charge in [0.15, 0.2) is 0 Å². The Morgan fingerprint density at radius 2 is 2.22 bits per heavy atom. The van der Waals surface area contributed by atoms with Gasteiger partial charge in [0.1, 0.15) is 0 Å². The summed E-state index contributed by atoms with van der Waals surface area (Å²) in [5.41, 5.74) is 0. The molecule has 7 heteroatoms. The monoisotopic (exact) mass is 352 g/mol. The molecule has 0 bridgehead atoms. The molecular formula is C11H17BrN2O2S2.